The number of halogens is 1. The van der Waals surface area contributed by atoms with Crippen molar-refractivity contribution in [3.05, 3.63) is 29.8 Å². The molecule has 0 aromatic carbocycles. The van der Waals surface area contributed by atoms with Crippen molar-refractivity contribution in [2.45, 2.75) is 38.8 Å². The first kappa shape index (κ1) is 14.9. The van der Waals surface area contributed by atoms with Crippen LogP contribution in [0.1, 0.15) is 37.0 Å². The lowest BCUT2D eigenvalue weighted by atomic mass is 10.0. The molecule has 0 atom stereocenters. The summed E-state index contributed by atoms with van der Waals surface area (Å²) in [6, 6.07) is 3.79. The van der Waals surface area contributed by atoms with Gasteiger partial charge in [0.05, 0.1) is 5.56 Å². The van der Waals surface area contributed by atoms with E-state index in [2.05, 4.69) is 23.7 Å². The van der Waals surface area contributed by atoms with Gasteiger partial charge in [0.2, 0.25) is 5.95 Å². The number of nitrogens with zero attached hydrogens (tertiary/aromatic N) is 3. The van der Waals surface area contributed by atoms with Gasteiger partial charge in [-0.2, -0.15) is 4.39 Å². The largest absolute Gasteiger partial charge is 0.338 e. The van der Waals surface area contributed by atoms with Gasteiger partial charge in [-0.25, -0.2) is 4.98 Å². The smallest absolute Gasteiger partial charge is 0.258 e. The second-order valence-electron chi connectivity index (χ2n) is 5.62. The highest BCUT2D eigenvalue weighted by Crippen LogP contribution is 2.19. The Labute approximate surface area is 119 Å². The Bertz CT molecular complexity index is 470. The molecule has 0 saturated carbocycles. The maximum Gasteiger partial charge on any atom is 0.258 e. The first-order chi connectivity index (χ1) is 9.50. The van der Waals surface area contributed by atoms with E-state index in [4.69, 9.17) is 0 Å². The molecule has 0 N–H and O–H groups in total. The van der Waals surface area contributed by atoms with Crippen LogP contribution in [0.3, 0.4) is 0 Å². The van der Waals surface area contributed by atoms with Gasteiger partial charge in [-0.05, 0) is 38.8 Å². The molecule has 0 radical (unpaired) electrons. The molecule has 2 rings (SSSR count). The van der Waals surface area contributed by atoms with E-state index in [-0.39, 0.29) is 17.5 Å². The van der Waals surface area contributed by atoms with E-state index in [1.165, 1.54) is 12.3 Å². The van der Waals surface area contributed by atoms with Crippen LogP contribution in [-0.4, -0.2) is 52.9 Å². The summed E-state index contributed by atoms with van der Waals surface area (Å²) in [6.45, 7) is 6.32. The summed E-state index contributed by atoms with van der Waals surface area (Å²) >= 11 is 0. The van der Waals surface area contributed by atoms with E-state index in [0.717, 1.165) is 25.9 Å². The van der Waals surface area contributed by atoms with Gasteiger partial charge in [0, 0.05) is 38.4 Å². The van der Waals surface area contributed by atoms with Crippen molar-refractivity contribution >= 4 is 5.91 Å². The quantitative estimate of drug-likeness (QED) is 0.796. The van der Waals surface area contributed by atoms with Gasteiger partial charge < -0.3 is 9.80 Å². The normalized spacial score (nSPS) is 17.4. The fourth-order valence-corrected chi connectivity index (χ4v) is 2.69. The van der Waals surface area contributed by atoms with Gasteiger partial charge in [0.25, 0.3) is 5.91 Å². The predicted molar refractivity (Wildman–Crippen MR) is 76.0 cm³/mol. The van der Waals surface area contributed by atoms with E-state index in [9.17, 15) is 9.18 Å². The number of pyridine rings is 1. The summed E-state index contributed by atoms with van der Waals surface area (Å²) in [4.78, 5) is 19.9. The highest BCUT2D eigenvalue weighted by Gasteiger charge is 2.28. The summed E-state index contributed by atoms with van der Waals surface area (Å²) in [7, 11) is 1.75. The number of amides is 1. The topological polar surface area (TPSA) is 36.4 Å². The summed E-state index contributed by atoms with van der Waals surface area (Å²) in [5, 5.41) is 0. The molecule has 0 bridgehead atoms. The van der Waals surface area contributed by atoms with Crippen LogP contribution < -0.4 is 0 Å². The molecule has 1 aromatic rings. The van der Waals surface area contributed by atoms with E-state index >= 15 is 0 Å². The maximum absolute atomic E-state index is 13.6. The van der Waals surface area contributed by atoms with E-state index < -0.39 is 5.95 Å². The Hall–Kier alpha value is -1.49. The standard InChI is InChI=1S/C15H22FN3O/c1-11(2)19-9-6-12(7-10-19)18(3)15(20)13-5-4-8-17-14(13)16/h4-5,8,11-12H,6-7,9-10H2,1-3H3. The maximum atomic E-state index is 13.6. The number of piperidine rings is 1. The highest BCUT2D eigenvalue weighted by atomic mass is 19.1. The van der Waals surface area contributed by atoms with Gasteiger partial charge in [-0.15, -0.1) is 0 Å². The molecule has 1 fully saturated rings. The fourth-order valence-electron chi connectivity index (χ4n) is 2.69. The molecule has 0 unspecified atom stereocenters. The summed E-state index contributed by atoms with van der Waals surface area (Å²) in [5.74, 6) is -0.970. The first-order valence-corrected chi connectivity index (χ1v) is 7.12. The van der Waals surface area contributed by atoms with Crippen molar-refractivity contribution in [2.75, 3.05) is 20.1 Å². The van der Waals surface area contributed by atoms with E-state index in [1.54, 1.807) is 18.0 Å². The molecular weight excluding hydrogens is 257 g/mol. The minimum Gasteiger partial charge on any atom is -0.338 e. The van der Waals surface area contributed by atoms with Crippen LogP contribution in [0.15, 0.2) is 18.3 Å². The third kappa shape index (κ3) is 3.15. The molecule has 2 heterocycles. The monoisotopic (exact) mass is 279 g/mol. The van der Waals surface area contributed by atoms with Gasteiger partial charge in [0.15, 0.2) is 0 Å². The minimum absolute atomic E-state index is 0.0567. The number of carbonyl (C=O) groups is 1. The molecule has 1 saturated heterocycles. The SMILES string of the molecule is CC(C)N1CCC(N(C)C(=O)c2cccnc2F)CC1. The van der Waals surface area contributed by atoms with Crippen LogP contribution in [0.2, 0.25) is 0 Å². The van der Waals surface area contributed by atoms with Crippen molar-refractivity contribution in [3.63, 3.8) is 0 Å². The van der Waals surface area contributed by atoms with Crippen LogP contribution in [-0.2, 0) is 0 Å². The van der Waals surface area contributed by atoms with Crippen molar-refractivity contribution in [2.24, 2.45) is 0 Å². The van der Waals surface area contributed by atoms with Crippen LogP contribution in [0.25, 0.3) is 0 Å². The number of hydrogen-bond acceptors (Lipinski definition) is 3. The molecule has 0 spiro atoms. The molecule has 20 heavy (non-hydrogen) atoms. The van der Waals surface area contributed by atoms with Gasteiger partial charge >= 0.3 is 0 Å². The van der Waals surface area contributed by atoms with Crippen molar-refractivity contribution in [1.82, 2.24) is 14.8 Å². The molecule has 5 heteroatoms. The number of aromatic nitrogens is 1. The Morgan fingerprint density at radius 2 is 2.10 bits per heavy atom. The van der Waals surface area contributed by atoms with Crippen LogP contribution >= 0.6 is 0 Å². The van der Waals surface area contributed by atoms with Gasteiger partial charge in [-0.3, -0.25) is 4.79 Å². The zero-order valence-corrected chi connectivity index (χ0v) is 12.3. The minimum atomic E-state index is -0.691. The predicted octanol–water partition coefficient (Wildman–Crippen LogP) is 2.17. The molecule has 0 aliphatic carbocycles. The van der Waals surface area contributed by atoms with E-state index in [0.29, 0.717) is 6.04 Å². The zero-order valence-electron chi connectivity index (χ0n) is 12.3. The van der Waals surface area contributed by atoms with Gasteiger partial charge in [-0.1, -0.05) is 0 Å². The molecule has 110 valence electrons. The Morgan fingerprint density at radius 3 is 2.65 bits per heavy atom. The average molecular weight is 279 g/mol. The number of likely N-dealkylation sites (tertiary alicyclic amines) is 1. The first-order valence-electron chi connectivity index (χ1n) is 7.12. The summed E-state index contributed by atoms with van der Waals surface area (Å²) in [5.41, 5.74) is 0.0567. The fraction of sp³-hybridized carbons (Fsp3) is 0.600. The number of hydrogen-bond donors (Lipinski definition) is 0. The second kappa shape index (κ2) is 6.31. The molecule has 1 aliphatic rings. The van der Waals surface area contributed by atoms with Crippen molar-refractivity contribution in [1.29, 1.82) is 0 Å². The van der Waals surface area contributed by atoms with Crippen LogP contribution in [0.5, 0.6) is 0 Å². The average Bonchev–Trinajstić information content (AvgIpc) is 2.46. The van der Waals surface area contributed by atoms with Crippen molar-refractivity contribution in [3.8, 4) is 0 Å². The molecule has 4 nitrogen and oxygen atoms in total. The highest BCUT2D eigenvalue weighted by molar-refractivity contribution is 5.94. The lowest BCUT2D eigenvalue weighted by molar-refractivity contribution is 0.0610. The van der Waals surface area contributed by atoms with Gasteiger partial charge in [0.1, 0.15) is 0 Å². The Morgan fingerprint density at radius 1 is 1.45 bits per heavy atom. The zero-order chi connectivity index (χ0) is 14.7. The molecule has 1 aliphatic heterocycles. The molecule has 1 aromatic heterocycles. The summed E-state index contributed by atoms with van der Waals surface area (Å²) < 4.78 is 13.6. The number of carbonyl (C=O) groups excluding carboxylic acids is 1. The molecule has 1 amide bonds. The summed E-state index contributed by atoms with van der Waals surface area (Å²) in [6.07, 6.45) is 3.22. The Balaban J connectivity index is 2.00. The second-order valence-corrected chi connectivity index (χ2v) is 5.62. The van der Waals surface area contributed by atoms with Crippen LogP contribution in [0.4, 0.5) is 4.39 Å². The van der Waals surface area contributed by atoms with Crippen LogP contribution in [0, 0.1) is 5.95 Å². The molecular formula is C15H22FN3O. The lowest BCUT2D eigenvalue weighted by Crippen LogP contribution is -2.47. The van der Waals surface area contributed by atoms with Crippen molar-refractivity contribution < 1.29 is 9.18 Å². The third-order valence-corrected chi connectivity index (χ3v) is 4.09. The third-order valence-electron chi connectivity index (χ3n) is 4.09. The Kier molecular flexibility index (Phi) is 4.70. The van der Waals surface area contributed by atoms with E-state index in [1.807, 2.05) is 0 Å². The lowest BCUT2D eigenvalue weighted by Gasteiger charge is -2.38. The number of rotatable bonds is 3.